The molecule has 1 fully saturated rings. The van der Waals surface area contributed by atoms with Crippen LogP contribution in [-0.2, 0) is 4.79 Å². The third-order valence-corrected chi connectivity index (χ3v) is 4.26. The van der Waals surface area contributed by atoms with Crippen LogP contribution in [0.4, 0.5) is 18.0 Å². The minimum Gasteiger partial charge on any atom is -0.329 e. The summed E-state index contributed by atoms with van der Waals surface area (Å²) in [5.41, 5.74) is 2.39. The number of nitrogens with zero attached hydrogens (tertiary/aromatic N) is 1. The van der Waals surface area contributed by atoms with E-state index in [2.05, 4.69) is 0 Å². The number of carbonyl (C=O) groups is 2. The van der Waals surface area contributed by atoms with Gasteiger partial charge in [0.15, 0.2) is 0 Å². The molecule has 124 valence electrons. The molecule has 8 heteroatoms. The van der Waals surface area contributed by atoms with E-state index in [1.807, 2.05) is 34.5 Å². The van der Waals surface area contributed by atoms with Crippen molar-refractivity contribution in [1.29, 1.82) is 0 Å². The van der Waals surface area contributed by atoms with Crippen LogP contribution < -0.4 is 10.6 Å². The first kappa shape index (κ1) is 15.8. The van der Waals surface area contributed by atoms with Crippen LogP contribution in [0.25, 0.3) is 0 Å². The van der Waals surface area contributed by atoms with Crippen LogP contribution in [0.1, 0.15) is 36.1 Å². The summed E-state index contributed by atoms with van der Waals surface area (Å²) in [5, 5.41) is 3.56. The lowest BCUT2D eigenvalue weighted by Crippen LogP contribution is -2.46. The summed E-state index contributed by atoms with van der Waals surface area (Å²) in [7, 11) is 0. The maximum absolute atomic E-state index is 12.0. The van der Waals surface area contributed by atoms with E-state index >= 15 is 0 Å². The maximum atomic E-state index is 12.0. The average molecular weight is 327 g/mol. The van der Waals surface area contributed by atoms with Crippen molar-refractivity contribution in [1.82, 2.24) is 15.5 Å². The first-order valence-electron chi connectivity index (χ1n) is 7.34. The lowest BCUT2D eigenvalue weighted by atomic mass is 9.92. The number of hydrogen-bond acceptors (Lipinski definition) is 3. The molecule has 0 radical (unpaired) electrons. The average Bonchev–Trinajstić information content (AvgIpc) is 3.00. The molecule has 0 aromatic heterocycles. The van der Waals surface area contributed by atoms with E-state index in [1.54, 1.807) is 5.32 Å². The van der Waals surface area contributed by atoms with Gasteiger partial charge in [0.2, 0.25) is 5.91 Å². The van der Waals surface area contributed by atoms with E-state index in [1.165, 1.54) is 11.1 Å². The number of alkyl halides is 3. The molecule has 3 amide bonds. The molecule has 1 saturated heterocycles. The monoisotopic (exact) mass is 327 g/mol. The highest BCUT2D eigenvalue weighted by atomic mass is 19.4. The molecular formula is C15H16F3N3O2. The van der Waals surface area contributed by atoms with E-state index in [0.29, 0.717) is 0 Å². The van der Waals surface area contributed by atoms with E-state index < -0.39 is 24.7 Å². The Labute approximate surface area is 130 Å². The summed E-state index contributed by atoms with van der Waals surface area (Å²) in [6.45, 7) is -1.48. The predicted octanol–water partition coefficient (Wildman–Crippen LogP) is 2.27. The normalized spacial score (nSPS) is 22.7. The summed E-state index contributed by atoms with van der Waals surface area (Å²) in [5.74, 6) is -0.602. The van der Waals surface area contributed by atoms with Crippen LogP contribution in [0.5, 0.6) is 0 Å². The number of carbonyl (C=O) groups excluding carboxylic acids is 2. The van der Waals surface area contributed by atoms with Gasteiger partial charge in [0.25, 0.3) is 0 Å². The zero-order chi connectivity index (χ0) is 16.6. The van der Waals surface area contributed by atoms with Crippen LogP contribution in [0.15, 0.2) is 24.3 Å². The topological polar surface area (TPSA) is 61.4 Å². The summed E-state index contributed by atoms with van der Waals surface area (Å²) in [6, 6.07) is 7.10. The number of halogens is 3. The van der Waals surface area contributed by atoms with Crippen molar-refractivity contribution in [2.75, 3.05) is 13.1 Å². The van der Waals surface area contributed by atoms with Gasteiger partial charge < -0.3 is 5.32 Å². The number of amides is 3. The Bertz CT molecular complexity index is 602. The molecule has 1 aromatic rings. The number of rotatable bonds is 3. The highest BCUT2D eigenvalue weighted by Crippen LogP contribution is 2.52. The van der Waals surface area contributed by atoms with Gasteiger partial charge >= 0.3 is 12.2 Å². The quantitative estimate of drug-likeness (QED) is 0.895. The minimum absolute atomic E-state index is 0.0105. The Morgan fingerprint density at radius 2 is 1.70 bits per heavy atom. The van der Waals surface area contributed by atoms with Crippen molar-refractivity contribution in [2.24, 2.45) is 0 Å². The predicted molar refractivity (Wildman–Crippen MR) is 75.5 cm³/mol. The van der Waals surface area contributed by atoms with Gasteiger partial charge in [-0.2, -0.15) is 13.2 Å². The molecule has 2 aliphatic rings. The molecule has 3 rings (SSSR count). The third kappa shape index (κ3) is 3.31. The fourth-order valence-corrected chi connectivity index (χ4v) is 3.43. The van der Waals surface area contributed by atoms with Gasteiger partial charge in [0, 0.05) is 12.1 Å². The molecule has 2 atom stereocenters. The van der Waals surface area contributed by atoms with Crippen molar-refractivity contribution in [2.45, 2.75) is 31.1 Å². The Morgan fingerprint density at radius 3 is 2.22 bits per heavy atom. The van der Waals surface area contributed by atoms with Gasteiger partial charge in [0.05, 0.1) is 6.54 Å². The molecule has 2 heterocycles. The molecular weight excluding hydrogens is 311 g/mol. The van der Waals surface area contributed by atoms with Crippen LogP contribution in [-0.4, -0.2) is 36.1 Å². The summed E-state index contributed by atoms with van der Waals surface area (Å²) < 4.78 is 36.0. The van der Waals surface area contributed by atoms with Crippen molar-refractivity contribution < 1.29 is 22.8 Å². The number of hydrogen-bond donors (Lipinski definition) is 2. The van der Waals surface area contributed by atoms with E-state index in [0.717, 1.165) is 12.8 Å². The first-order valence-corrected chi connectivity index (χ1v) is 7.34. The zero-order valence-electron chi connectivity index (χ0n) is 12.2. The Morgan fingerprint density at radius 1 is 1.13 bits per heavy atom. The van der Waals surface area contributed by atoms with E-state index in [4.69, 9.17) is 0 Å². The number of urea groups is 1. The number of imide groups is 1. The molecule has 0 saturated carbocycles. The van der Waals surface area contributed by atoms with E-state index in [-0.39, 0.29) is 18.6 Å². The lowest BCUT2D eigenvalue weighted by molar-refractivity contribution is -0.125. The van der Waals surface area contributed by atoms with Gasteiger partial charge in [0.1, 0.15) is 6.54 Å². The number of fused-ring (bicyclic) bond motifs is 5. The van der Waals surface area contributed by atoms with Gasteiger partial charge in [-0.15, -0.1) is 0 Å². The second-order valence-corrected chi connectivity index (χ2v) is 5.76. The van der Waals surface area contributed by atoms with Crippen LogP contribution in [0.2, 0.25) is 0 Å². The Balaban J connectivity index is 1.55. The minimum atomic E-state index is -4.50. The molecule has 0 spiro atoms. The third-order valence-electron chi connectivity index (χ3n) is 4.26. The number of nitrogens with one attached hydrogen (secondary N) is 2. The van der Waals surface area contributed by atoms with Crippen molar-refractivity contribution in [3.8, 4) is 0 Å². The van der Waals surface area contributed by atoms with Gasteiger partial charge in [-0.1, -0.05) is 24.3 Å². The second-order valence-electron chi connectivity index (χ2n) is 5.76. The first-order chi connectivity index (χ1) is 10.8. The fourth-order valence-electron chi connectivity index (χ4n) is 3.43. The molecule has 2 bridgehead atoms. The van der Waals surface area contributed by atoms with Gasteiger partial charge in [-0.25, -0.2) is 4.79 Å². The second kappa shape index (κ2) is 5.84. The van der Waals surface area contributed by atoms with Crippen LogP contribution in [0, 0.1) is 0 Å². The fraction of sp³-hybridized carbons (Fsp3) is 0.467. The molecule has 5 nitrogen and oxygen atoms in total. The molecule has 23 heavy (non-hydrogen) atoms. The summed E-state index contributed by atoms with van der Waals surface area (Å²) >= 11 is 0. The highest BCUT2D eigenvalue weighted by molar-refractivity contribution is 5.95. The molecule has 2 aliphatic heterocycles. The molecule has 2 N–H and O–H groups in total. The molecule has 1 aromatic carbocycles. The Kier molecular flexibility index (Phi) is 4.01. The SMILES string of the molecule is O=C(CN1C2CCC1c1ccccc12)NC(=O)NCC(F)(F)F. The smallest absolute Gasteiger partial charge is 0.329 e. The summed E-state index contributed by atoms with van der Waals surface area (Å²) in [6.07, 6.45) is -2.62. The maximum Gasteiger partial charge on any atom is 0.405 e. The molecule has 2 unspecified atom stereocenters. The summed E-state index contributed by atoms with van der Waals surface area (Å²) in [4.78, 5) is 25.2. The van der Waals surface area contributed by atoms with Gasteiger partial charge in [-0.05, 0) is 24.0 Å². The molecule has 0 aliphatic carbocycles. The van der Waals surface area contributed by atoms with Crippen molar-refractivity contribution in [3.63, 3.8) is 0 Å². The van der Waals surface area contributed by atoms with Crippen molar-refractivity contribution in [3.05, 3.63) is 35.4 Å². The van der Waals surface area contributed by atoms with Crippen molar-refractivity contribution >= 4 is 11.9 Å². The van der Waals surface area contributed by atoms with Crippen LogP contribution in [0.3, 0.4) is 0 Å². The van der Waals surface area contributed by atoms with Gasteiger partial charge in [-0.3, -0.25) is 15.0 Å². The van der Waals surface area contributed by atoms with E-state index in [9.17, 15) is 22.8 Å². The van der Waals surface area contributed by atoms with Crippen LogP contribution >= 0.6 is 0 Å². The standard InChI is InChI=1S/C15H16F3N3O2/c16-15(17,18)8-19-14(23)20-13(22)7-21-11-5-6-12(21)10-4-2-1-3-9(10)11/h1-4,11-12H,5-8H2,(H2,19,20,22,23). The highest BCUT2D eigenvalue weighted by Gasteiger charge is 2.44. The lowest BCUT2D eigenvalue weighted by Gasteiger charge is -2.21. The Hall–Kier alpha value is -2.09. The zero-order valence-corrected chi connectivity index (χ0v) is 12.2. The number of benzene rings is 1. The largest absolute Gasteiger partial charge is 0.405 e.